The molecule has 7 nitrogen and oxygen atoms in total. The van der Waals surface area contributed by atoms with Crippen molar-refractivity contribution in [2.24, 2.45) is 4.99 Å². The van der Waals surface area contributed by atoms with Crippen LogP contribution in [0.4, 0.5) is 18.9 Å². The molecular formula is C16H24F3N5O2S. The summed E-state index contributed by atoms with van der Waals surface area (Å²) in [7, 11) is -1.61. The maximum absolute atomic E-state index is 12.9. The van der Waals surface area contributed by atoms with Gasteiger partial charge in [0.2, 0.25) is 10.0 Å². The predicted molar refractivity (Wildman–Crippen MR) is 99.4 cm³/mol. The van der Waals surface area contributed by atoms with E-state index in [9.17, 15) is 21.6 Å². The van der Waals surface area contributed by atoms with E-state index in [0.717, 1.165) is 12.3 Å². The van der Waals surface area contributed by atoms with Gasteiger partial charge in [-0.25, -0.2) is 13.1 Å². The van der Waals surface area contributed by atoms with Crippen LogP contribution in [0.15, 0.2) is 29.3 Å². The smallest absolute Gasteiger partial charge is 0.368 e. The van der Waals surface area contributed by atoms with Crippen LogP contribution in [-0.4, -0.2) is 71.8 Å². The summed E-state index contributed by atoms with van der Waals surface area (Å²) < 4.78 is 63.1. The van der Waals surface area contributed by atoms with Crippen LogP contribution in [0, 0.1) is 0 Å². The zero-order valence-corrected chi connectivity index (χ0v) is 16.1. The van der Waals surface area contributed by atoms with Crippen LogP contribution in [0.2, 0.25) is 0 Å². The summed E-state index contributed by atoms with van der Waals surface area (Å²) in [6.45, 7) is 2.92. The molecule has 0 aliphatic carbocycles. The number of piperazine rings is 1. The van der Waals surface area contributed by atoms with Gasteiger partial charge in [-0.1, -0.05) is 6.07 Å². The standard InChI is InChI=1S/C16H24F3N5O2S/c1-20-15(21-6-7-22-27(2,25)26)24-10-8-23(9-11-24)14-5-3-4-13(12-14)16(17,18)19/h3-5,12,22H,6-11H2,1-2H3,(H,20,21). The molecular weight excluding hydrogens is 383 g/mol. The van der Waals surface area contributed by atoms with Gasteiger partial charge in [0, 0.05) is 52.0 Å². The summed E-state index contributed by atoms with van der Waals surface area (Å²) in [5, 5.41) is 3.08. The highest BCUT2D eigenvalue weighted by atomic mass is 32.2. The Hall–Kier alpha value is -2.01. The van der Waals surface area contributed by atoms with Crippen molar-refractivity contribution in [1.29, 1.82) is 0 Å². The topological polar surface area (TPSA) is 77.0 Å². The molecule has 0 unspecified atom stereocenters. The van der Waals surface area contributed by atoms with Crippen molar-refractivity contribution >= 4 is 21.7 Å². The van der Waals surface area contributed by atoms with Gasteiger partial charge >= 0.3 is 6.18 Å². The molecule has 0 bridgehead atoms. The number of alkyl halides is 3. The molecule has 152 valence electrons. The fourth-order valence-electron chi connectivity index (χ4n) is 2.80. The lowest BCUT2D eigenvalue weighted by atomic mass is 10.1. The van der Waals surface area contributed by atoms with Gasteiger partial charge in [-0.3, -0.25) is 4.99 Å². The SMILES string of the molecule is CN=C(NCCNS(C)(=O)=O)N1CCN(c2cccc(C(F)(F)F)c2)CC1. The van der Waals surface area contributed by atoms with E-state index in [1.54, 1.807) is 13.1 Å². The first-order chi connectivity index (χ1) is 12.6. The number of aliphatic imine (C=N–C) groups is 1. The second-order valence-electron chi connectivity index (χ2n) is 6.16. The zero-order valence-electron chi connectivity index (χ0n) is 15.3. The Balaban J connectivity index is 1.88. The van der Waals surface area contributed by atoms with Gasteiger partial charge in [-0.15, -0.1) is 0 Å². The molecule has 2 rings (SSSR count). The first kappa shape index (κ1) is 21.3. The maximum Gasteiger partial charge on any atom is 0.416 e. The fourth-order valence-corrected chi connectivity index (χ4v) is 3.27. The molecule has 1 aromatic carbocycles. The third kappa shape index (κ3) is 6.58. The lowest BCUT2D eigenvalue weighted by Crippen LogP contribution is -2.53. The van der Waals surface area contributed by atoms with E-state index in [1.807, 2.05) is 9.80 Å². The van der Waals surface area contributed by atoms with E-state index in [2.05, 4.69) is 15.0 Å². The Bertz CT molecular complexity index is 760. The van der Waals surface area contributed by atoms with Crippen molar-refractivity contribution in [3.05, 3.63) is 29.8 Å². The first-order valence-corrected chi connectivity index (χ1v) is 10.3. The van der Waals surface area contributed by atoms with Crippen molar-refractivity contribution < 1.29 is 21.6 Å². The third-order valence-corrected chi connectivity index (χ3v) is 4.83. The van der Waals surface area contributed by atoms with E-state index in [0.29, 0.717) is 44.4 Å². The Labute approximate surface area is 157 Å². The van der Waals surface area contributed by atoms with Crippen molar-refractivity contribution in [3.8, 4) is 0 Å². The summed E-state index contributed by atoms with van der Waals surface area (Å²) >= 11 is 0. The summed E-state index contributed by atoms with van der Waals surface area (Å²) in [5.74, 6) is 0.633. The molecule has 0 atom stereocenters. The lowest BCUT2D eigenvalue weighted by molar-refractivity contribution is -0.137. The van der Waals surface area contributed by atoms with Crippen LogP contribution in [0.5, 0.6) is 0 Å². The zero-order chi connectivity index (χ0) is 20.1. The average Bonchev–Trinajstić information content (AvgIpc) is 2.61. The van der Waals surface area contributed by atoms with Gasteiger partial charge in [0.25, 0.3) is 0 Å². The largest absolute Gasteiger partial charge is 0.416 e. The van der Waals surface area contributed by atoms with Crippen LogP contribution in [0.3, 0.4) is 0 Å². The van der Waals surface area contributed by atoms with Gasteiger partial charge in [-0.05, 0) is 18.2 Å². The molecule has 0 saturated carbocycles. The first-order valence-electron chi connectivity index (χ1n) is 8.42. The molecule has 11 heteroatoms. The summed E-state index contributed by atoms with van der Waals surface area (Å²) in [6.07, 6.45) is -3.27. The second-order valence-corrected chi connectivity index (χ2v) is 8.00. The van der Waals surface area contributed by atoms with E-state index >= 15 is 0 Å². The highest BCUT2D eigenvalue weighted by Gasteiger charge is 2.31. The van der Waals surface area contributed by atoms with Crippen molar-refractivity contribution in [1.82, 2.24) is 14.9 Å². The van der Waals surface area contributed by atoms with Crippen molar-refractivity contribution in [3.63, 3.8) is 0 Å². The monoisotopic (exact) mass is 407 g/mol. The van der Waals surface area contributed by atoms with Crippen LogP contribution < -0.4 is 14.9 Å². The fraction of sp³-hybridized carbons (Fsp3) is 0.562. The third-order valence-electron chi connectivity index (χ3n) is 4.10. The van der Waals surface area contributed by atoms with E-state index in [-0.39, 0.29) is 6.54 Å². The molecule has 0 radical (unpaired) electrons. The minimum absolute atomic E-state index is 0.238. The molecule has 1 fully saturated rings. The predicted octanol–water partition coefficient (Wildman–Crippen LogP) is 0.952. The lowest BCUT2D eigenvalue weighted by Gasteiger charge is -2.37. The summed E-state index contributed by atoms with van der Waals surface area (Å²) in [5.41, 5.74) is -0.108. The molecule has 1 aliphatic heterocycles. The molecule has 2 N–H and O–H groups in total. The number of halogens is 3. The van der Waals surface area contributed by atoms with Gasteiger partial charge in [0.15, 0.2) is 5.96 Å². The highest BCUT2D eigenvalue weighted by Crippen LogP contribution is 2.31. The minimum atomic E-state index is -4.36. The van der Waals surface area contributed by atoms with E-state index < -0.39 is 21.8 Å². The number of hydrogen-bond acceptors (Lipinski definition) is 4. The van der Waals surface area contributed by atoms with Gasteiger partial charge in [0.05, 0.1) is 11.8 Å². The quantitative estimate of drug-likeness (QED) is 0.432. The number of guanidine groups is 1. The number of benzene rings is 1. The molecule has 1 aliphatic rings. The number of nitrogens with zero attached hydrogens (tertiary/aromatic N) is 3. The van der Waals surface area contributed by atoms with E-state index in [4.69, 9.17) is 0 Å². The maximum atomic E-state index is 12.9. The molecule has 1 saturated heterocycles. The summed E-state index contributed by atoms with van der Waals surface area (Å²) in [6, 6.07) is 5.32. The molecule has 0 amide bonds. The average molecular weight is 407 g/mol. The highest BCUT2D eigenvalue weighted by molar-refractivity contribution is 7.88. The van der Waals surface area contributed by atoms with Crippen LogP contribution >= 0.6 is 0 Å². The Kier molecular flexibility index (Phi) is 6.93. The van der Waals surface area contributed by atoms with E-state index in [1.165, 1.54) is 12.1 Å². The van der Waals surface area contributed by atoms with Gasteiger partial charge in [-0.2, -0.15) is 13.2 Å². The normalized spacial score (nSPS) is 16.6. The Morgan fingerprint density at radius 3 is 2.41 bits per heavy atom. The van der Waals surface area contributed by atoms with Gasteiger partial charge in [0.1, 0.15) is 0 Å². The number of rotatable bonds is 5. The minimum Gasteiger partial charge on any atom is -0.368 e. The van der Waals surface area contributed by atoms with Crippen LogP contribution in [0.1, 0.15) is 5.56 Å². The number of nitrogens with one attached hydrogen (secondary N) is 2. The molecule has 27 heavy (non-hydrogen) atoms. The van der Waals surface area contributed by atoms with Gasteiger partial charge < -0.3 is 15.1 Å². The summed E-state index contributed by atoms with van der Waals surface area (Å²) in [4.78, 5) is 8.07. The number of hydrogen-bond donors (Lipinski definition) is 2. The molecule has 0 spiro atoms. The Morgan fingerprint density at radius 1 is 1.19 bits per heavy atom. The Morgan fingerprint density at radius 2 is 1.85 bits per heavy atom. The molecule has 0 aromatic heterocycles. The van der Waals surface area contributed by atoms with Crippen molar-refractivity contribution in [2.45, 2.75) is 6.18 Å². The molecule has 1 aromatic rings. The second kappa shape index (κ2) is 8.79. The van der Waals surface area contributed by atoms with Crippen LogP contribution in [0.25, 0.3) is 0 Å². The number of sulfonamides is 1. The van der Waals surface area contributed by atoms with Crippen LogP contribution in [-0.2, 0) is 16.2 Å². The van der Waals surface area contributed by atoms with Crippen molar-refractivity contribution in [2.75, 3.05) is 57.5 Å². The number of anilines is 1. The molecule has 1 heterocycles.